The predicted octanol–water partition coefficient (Wildman–Crippen LogP) is 14.2. The number of carbonyl (C=O) groups excluding carboxylic acids is 2. The van der Waals surface area contributed by atoms with Crippen molar-refractivity contribution in [1.82, 2.24) is 5.32 Å². The van der Waals surface area contributed by atoms with Gasteiger partial charge in [-0.05, 0) is 51.4 Å². The van der Waals surface area contributed by atoms with E-state index in [2.05, 4.69) is 31.3 Å². The third-order valence-corrected chi connectivity index (χ3v) is 11.3. The highest BCUT2D eigenvalue weighted by Crippen LogP contribution is 2.16. The molecule has 0 saturated carbocycles. The molecule has 0 rings (SSSR count). The first kappa shape index (κ1) is 53.6. The number of amides is 1. The summed E-state index contributed by atoms with van der Waals surface area (Å²) in [4.78, 5) is 24.4. The van der Waals surface area contributed by atoms with Crippen LogP contribution >= 0.6 is 0 Å². The number of aliphatic hydroxyl groups excluding tert-OH is 2. The van der Waals surface area contributed by atoms with E-state index >= 15 is 0 Å². The van der Waals surface area contributed by atoms with Gasteiger partial charge in [0.1, 0.15) is 0 Å². The van der Waals surface area contributed by atoms with E-state index in [9.17, 15) is 19.8 Å². The van der Waals surface area contributed by atoms with Crippen LogP contribution in [0.3, 0.4) is 0 Å². The van der Waals surface area contributed by atoms with Gasteiger partial charge in [-0.15, -0.1) is 0 Å². The molecule has 0 spiro atoms. The van der Waals surface area contributed by atoms with Crippen molar-refractivity contribution in [2.24, 2.45) is 0 Å². The van der Waals surface area contributed by atoms with E-state index in [4.69, 9.17) is 4.74 Å². The first-order valence-corrected chi connectivity index (χ1v) is 24.4. The van der Waals surface area contributed by atoms with Crippen LogP contribution in [0.25, 0.3) is 0 Å². The summed E-state index contributed by atoms with van der Waals surface area (Å²) in [5, 5.41) is 23.1. The topological polar surface area (TPSA) is 95.9 Å². The Hall–Kier alpha value is -1.40. The summed E-state index contributed by atoms with van der Waals surface area (Å²) in [6, 6.07) is -0.549. The van der Waals surface area contributed by atoms with E-state index in [1.54, 1.807) is 0 Å². The molecule has 0 heterocycles. The van der Waals surface area contributed by atoms with Gasteiger partial charge in [0, 0.05) is 12.8 Å². The Bertz CT molecular complexity index is 817. The Morgan fingerprint density at radius 2 is 0.855 bits per heavy atom. The second-order valence-electron chi connectivity index (χ2n) is 16.8. The number of unbranched alkanes of at least 4 members (excludes halogenated alkanes) is 32. The highest BCUT2D eigenvalue weighted by molar-refractivity contribution is 5.76. The van der Waals surface area contributed by atoms with Crippen LogP contribution in [0.2, 0.25) is 0 Å². The summed E-state index contributed by atoms with van der Waals surface area (Å²) in [5.41, 5.74) is 0. The first-order valence-electron chi connectivity index (χ1n) is 24.4. The number of rotatable bonds is 45. The van der Waals surface area contributed by atoms with Crippen molar-refractivity contribution >= 4 is 11.9 Å². The molecular formula is C49H95NO5. The normalized spacial score (nSPS) is 12.7. The second kappa shape index (κ2) is 45.3. The molecule has 0 saturated heterocycles. The molecule has 6 heteroatoms. The van der Waals surface area contributed by atoms with Gasteiger partial charge in [0.15, 0.2) is 0 Å². The number of hydrogen-bond acceptors (Lipinski definition) is 5. The van der Waals surface area contributed by atoms with Crippen molar-refractivity contribution in [3.63, 3.8) is 0 Å². The number of aliphatic hydroxyl groups is 2. The van der Waals surface area contributed by atoms with Gasteiger partial charge in [0.2, 0.25) is 5.91 Å². The zero-order valence-corrected chi connectivity index (χ0v) is 36.9. The number of ether oxygens (including phenoxy) is 1. The van der Waals surface area contributed by atoms with Crippen LogP contribution in [-0.2, 0) is 14.3 Å². The monoisotopic (exact) mass is 778 g/mol. The molecule has 6 nitrogen and oxygen atoms in total. The predicted molar refractivity (Wildman–Crippen MR) is 237 cm³/mol. The van der Waals surface area contributed by atoms with Gasteiger partial charge in [-0.3, -0.25) is 9.59 Å². The van der Waals surface area contributed by atoms with Crippen molar-refractivity contribution < 1.29 is 24.5 Å². The fourth-order valence-electron chi connectivity index (χ4n) is 7.51. The molecule has 2 unspecified atom stereocenters. The minimum Gasteiger partial charge on any atom is -0.466 e. The quantitative estimate of drug-likeness (QED) is 0.0325. The standard InChI is InChI=1S/C49H95NO5/c1-3-5-7-9-11-13-15-19-23-27-31-35-39-43-49(54)55-44-40-36-32-28-24-21-18-16-17-20-22-26-30-34-38-42-48(53)50-46(45-51)47(52)41-37-33-29-25-14-12-10-8-6-4-2/h18,21,46-47,51-52H,3-17,19-20,22-45H2,1-2H3,(H,50,53)/b21-18-. The zero-order valence-electron chi connectivity index (χ0n) is 36.9. The molecule has 0 radical (unpaired) electrons. The maximum atomic E-state index is 12.4. The highest BCUT2D eigenvalue weighted by Gasteiger charge is 2.20. The third kappa shape index (κ3) is 42.0. The Morgan fingerprint density at radius 1 is 0.491 bits per heavy atom. The fourth-order valence-corrected chi connectivity index (χ4v) is 7.51. The summed E-state index contributed by atoms with van der Waals surface area (Å²) in [6.07, 6.45) is 50.3. The zero-order chi connectivity index (χ0) is 40.1. The lowest BCUT2D eigenvalue weighted by molar-refractivity contribution is -0.143. The van der Waals surface area contributed by atoms with Gasteiger partial charge in [0.05, 0.1) is 25.4 Å². The summed E-state index contributed by atoms with van der Waals surface area (Å²) in [6.45, 7) is 4.90. The maximum absolute atomic E-state index is 12.4. The number of hydrogen-bond donors (Lipinski definition) is 3. The van der Waals surface area contributed by atoms with E-state index in [1.807, 2.05) is 0 Å². The van der Waals surface area contributed by atoms with Crippen LogP contribution in [0.4, 0.5) is 0 Å². The molecule has 0 bridgehead atoms. The van der Waals surface area contributed by atoms with Crippen molar-refractivity contribution in [2.45, 2.75) is 276 Å². The van der Waals surface area contributed by atoms with Crippen molar-refractivity contribution in [3.05, 3.63) is 12.2 Å². The molecular weight excluding hydrogens is 683 g/mol. The molecule has 0 fully saturated rings. The van der Waals surface area contributed by atoms with Crippen LogP contribution in [0.15, 0.2) is 12.2 Å². The van der Waals surface area contributed by atoms with Gasteiger partial charge >= 0.3 is 5.97 Å². The summed E-state index contributed by atoms with van der Waals surface area (Å²) >= 11 is 0. The first-order chi connectivity index (χ1) is 27.0. The third-order valence-electron chi connectivity index (χ3n) is 11.3. The largest absolute Gasteiger partial charge is 0.466 e. The van der Waals surface area contributed by atoms with Crippen LogP contribution in [0.1, 0.15) is 264 Å². The average Bonchev–Trinajstić information content (AvgIpc) is 3.18. The lowest BCUT2D eigenvalue weighted by atomic mass is 10.0. The van der Waals surface area contributed by atoms with Crippen molar-refractivity contribution in [3.8, 4) is 0 Å². The van der Waals surface area contributed by atoms with Crippen molar-refractivity contribution in [1.29, 1.82) is 0 Å². The van der Waals surface area contributed by atoms with Gasteiger partial charge in [-0.25, -0.2) is 0 Å². The molecule has 0 aromatic rings. The number of allylic oxidation sites excluding steroid dienone is 2. The minimum atomic E-state index is -0.671. The Kier molecular flexibility index (Phi) is 44.2. The van der Waals surface area contributed by atoms with Gasteiger partial charge in [-0.1, -0.05) is 212 Å². The number of carbonyl (C=O) groups is 2. The van der Waals surface area contributed by atoms with Crippen LogP contribution in [-0.4, -0.2) is 47.4 Å². The van der Waals surface area contributed by atoms with Gasteiger partial charge < -0.3 is 20.3 Å². The molecule has 3 N–H and O–H groups in total. The molecule has 326 valence electrons. The lowest BCUT2D eigenvalue weighted by Gasteiger charge is -2.22. The highest BCUT2D eigenvalue weighted by atomic mass is 16.5. The summed E-state index contributed by atoms with van der Waals surface area (Å²) < 4.78 is 5.44. The lowest BCUT2D eigenvalue weighted by Crippen LogP contribution is -2.45. The molecule has 0 aliphatic carbocycles. The molecule has 2 atom stereocenters. The molecule has 55 heavy (non-hydrogen) atoms. The second-order valence-corrected chi connectivity index (χ2v) is 16.8. The van der Waals surface area contributed by atoms with E-state index in [-0.39, 0.29) is 18.5 Å². The molecule has 1 amide bonds. The smallest absolute Gasteiger partial charge is 0.305 e. The van der Waals surface area contributed by atoms with E-state index < -0.39 is 12.1 Å². The van der Waals surface area contributed by atoms with Gasteiger partial charge in [-0.2, -0.15) is 0 Å². The van der Waals surface area contributed by atoms with Crippen LogP contribution in [0, 0.1) is 0 Å². The average molecular weight is 778 g/mol. The summed E-state index contributed by atoms with van der Waals surface area (Å²) in [7, 11) is 0. The molecule has 0 aliphatic rings. The maximum Gasteiger partial charge on any atom is 0.305 e. The van der Waals surface area contributed by atoms with Crippen molar-refractivity contribution in [2.75, 3.05) is 13.2 Å². The van der Waals surface area contributed by atoms with Crippen LogP contribution in [0.5, 0.6) is 0 Å². The molecule has 0 aromatic heterocycles. The molecule has 0 aromatic carbocycles. The fraction of sp³-hybridized carbons (Fsp3) is 0.918. The van der Waals surface area contributed by atoms with Gasteiger partial charge in [0.25, 0.3) is 0 Å². The number of nitrogens with one attached hydrogen (secondary N) is 1. The summed E-state index contributed by atoms with van der Waals surface area (Å²) in [5.74, 6) is -0.0607. The Morgan fingerprint density at radius 3 is 1.29 bits per heavy atom. The number of esters is 1. The Labute approximate surface area is 342 Å². The van der Waals surface area contributed by atoms with E-state index in [1.165, 1.54) is 161 Å². The Balaban J connectivity index is 3.45. The van der Waals surface area contributed by atoms with Crippen LogP contribution < -0.4 is 5.32 Å². The minimum absolute atomic E-state index is 0.00887. The molecule has 0 aliphatic heterocycles. The SMILES string of the molecule is CCCCCCCCCCCCCCCC(=O)OCCCCCC/C=C\CCCCCCCCCC(=O)NC(CO)C(O)CCCCCCCCCCCC. The van der Waals surface area contributed by atoms with E-state index in [0.717, 1.165) is 70.6 Å². The van der Waals surface area contributed by atoms with E-state index in [0.29, 0.717) is 25.9 Å².